The summed E-state index contributed by atoms with van der Waals surface area (Å²) >= 11 is 0. The van der Waals surface area contributed by atoms with Gasteiger partial charge >= 0.3 is 17.4 Å². The SMILES string of the molecule is [Cr+3].c1ccc2ncccc2c1. The quantitative estimate of drug-likeness (QED) is 0.607. The van der Waals surface area contributed by atoms with Gasteiger partial charge in [-0.2, -0.15) is 0 Å². The summed E-state index contributed by atoms with van der Waals surface area (Å²) in [5.41, 5.74) is 1.06. The molecular formula is C9H7CrN+3. The van der Waals surface area contributed by atoms with Crippen LogP contribution in [0.5, 0.6) is 0 Å². The third-order valence-electron chi connectivity index (χ3n) is 1.51. The minimum Gasteiger partial charge on any atom is -0.256 e. The van der Waals surface area contributed by atoms with Gasteiger partial charge in [-0.25, -0.2) is 0 Å². The van der Waals surface area contributed by atoms with Gasteiger partial charge in [0, 0.05) is 11.6 Å². The summed E-state index contributed by atoms with van der Waals surface area (Å²) in [4.78, 5) is 4.18. The summed E-state index contributed by atoms with van der Waals surface area (Å²) in [7, 11) is 0. The van der Waals surface area contributed by atoms with Gasteiger partial charge < -0.3 is 0 Å². The van der Waals surface area contributed by atoms with E-state index < -0.39 is 0 Å². The molecule has 0 bridgehead atoms. The molecule has 11 heavy (non-hydrogen) atoms. The predicted octanol–water partition coefficient (Wildman–Crippen LogP) is 2.23. The Morgan fingerprint density at radius 1 is 0.909 bits per heavy atom. The summed E-state index contributed by atoms with van der Waals surface area (Å²) in [5.74, 6) is 0. The van der Waals surface area contributed by atoms with Crippen LogP contribution in [-0.4, -0.2) is 4.98 Å². The zero-order chi connectivity index (χ0) is 6.81. The first-order valence-electron chi connectivity index (χ1n) is 3.26. The van der Waals surface area contributed by atoms with E-state index in [9.17, 15) is 0 Å². The topological polar surface area (TPSA) is 12.9 Å². The third-order valence-corrected chi connectivity index (χ3v) is 1.51. The molecule has 0 N–H and O–H groups in total. The molecule has 0 saturated heterocycles. The van der Waals surface area contributed by atoms with Crippen molar-refractivity contribution in [3.05, 3.63) is 42.6 Å². The Balaban J connectivity index is 0.000000605. The molecule has 1 aromatic carbocycles. The zero-order valence-electron chi connectivity index (χ0n) is 5.90. The van der Waals surface area contributed by atoms with Gasteiger partial charge in [0.2, 0.25) is 0 Å². The largest absolute Gasteiger partial charge is 3.00 e. The molecule has 0 spiro atoms. The minimum atomic E-state index is 0. The first kappa shape index (κ1) is 8.26. The number of rotatable bonds is 0. The van der Waals surface area contributed by atoms with Crippen molar-refractivity contribution in [3.63, 3.8) is 0 Å². The second-order valence-corrected chi connectivity index (χ2v) is 2.20. The smallest absolute Gasteiger partial charge is 0.256 e. The van der Waals surface area contributed by atoms with Crippen LogP contribution < -0.4 is 0 Å². The van der Waals surface area contributed by atoms with Gasteiger partial charge in [0.25, 0.3) is 0 Å². The van der Waals surface area contributed by atoms with Crippen molar-refractivity contribution >= 4 is 10.9 Å². The molecule has 1 radical (unpaired) electrons. The van der Waals surface area contributed by atoms with Crippen molar-refractivity contribution in [2.45, 2.75) is 0 Å². The second-order valence-electron chi connectivity index (χ2n) is 2.20. The molecule has 0 amide bonds. The fourth-order valence-corrected chi connectivity index (χ4v) is 1.02. The van der Waals surface area contributed by atoms with Crippen molar-refractivity contribution in [3.8, 4) is 0 Å². The van der Waals surface area contributed by atoms with Crippen LogP contribution >= 0.6 is 0 Å². The molecule has 1 nitrogen and oxygen atoms in total. The number of hydrogen-bond acceptors (Lipinski definition) is 1. The number of aromatic nitrogens is 1. The van der Waals surface area contributed by atoms with Crippen LogP contribution in [-0.2, 0) is 17.4 Å². The summed E-state index contributed by atoms with van der Waals surface area (Å²) in [6.45, 7) is 0. The summed E-state index contributed by atoms with van der Waals surface area (Å²) in [6, 6.07) is 12.1. The van der Waals surface area contributed by atoms with Crippen molar-refractivity contribution < 1.29 is 17.4 Å². The van der Waals surface area contributed by atoms with E-state index in [0.29, 0.717) is 0 Å². The molecule has 51 valence electrons. The van der Waals surface area contributed by atoms with E-state index in [1.807, 2.05) is 30.5 Å². The molecule has 2 heteroatoms. The Kier molecular flexibility index (Phi) is 2.65. The third kappa shape index (κ3) is 1.60. The fourth-order valence-electron chi connectivity index (χ4n) is 1.02. The zero-order valence-corrected chi connectivity index (χ0v) is 7.17. The van der Waals surface area contributed by atoms with Gasteiger partial charge in [0.1, 0.15) is 0 Å². The predicted molar refractivity (Wildman–Crippen MR) is 41.7 cm³/mol. The molecule has 0 aliphatic heterocycles. The molecule has 0 aliphatic rings. The number of para-hydroxylation sites is 1. The average molecular weight is 181 g/mol. The van der Waals surface area contributed by atoms with E-state index in [1.165, 1.54) is 5.39 Å². The number of nitrogens with zero attached hydrogens (tertiary/aromatic N) is 1. The molecule has 2 rings (SSSR count). The fraction of sp³-hybridized carbons (Fsp3) is 0. The van der Waals surface area contributed by atoms with Crippen LogP contribution in [0.2, 0.25) is 0 Å². The van der Waals surface area contributed by atoms with Gasteiger partial charge in [-0.05, 0) is 12.1 Å². The molecule has 0 fully saturated rings. The minimum absolute atomic E-state index is 0. The Labute approximate surface area is 76.2 Å². The molecule has 0 saturated carbocycles. The second kappa shape index (κ2) is 3.52. The van der Waals surface area contributed by atoms with Gasteiger partial charge in [0.15, 0.2) is 0 Å². The van der Waals surface area contributed by atoms with Crippen LogP contribution in [0, 0.1) is 0 Å². The Morgan fingerprint density at radius 2 is 1.64 bits per heavy atom. The molecule has 0 atom stereocenters. The van der Waals surface area contributed by atoms with Crippen LogP contribution in [0.1, 0.15) is 0 Å². The number of hydrogen-bond donors (Lipinski definition) is 0. The van der Waals surface area contributed by atoms with Crippen LogP contribution in [0.25, 0.3) is 10.9 Å². The molecule has 1 heterocycles. The van der Waals surface area contributed by atoms with Crippen molar-refractivity contribution in [2.24, 2.45) is 0 Å². The molecular weight excluding hydrogens is 174 g/mol. The maximum Gasteiger partial charge on any atom is 3.00 e. The van der Waals surface area contributed by atoms with Crippen LogP contribution in [0.3, 0.4) is 0 Å². The molecule has 0 aliphatic carbocycles. The van der Waals surface area contributed by atoms with Crippen molar-refractivity contribution in [1.82, 2.24) is 4.98 Å². The van der Waals surface area contributed by atoms with E-state index in [1.54, 1.807) is 0 Å². The normalized spacial score (nSPS) is 9.09. The molecule has 2 aromatic rings. The van der Waals surface area contributed by atoms with Crippen LogP contribution in [0.4, 0.5) is 0 Å². The number of fused-ring (bicyclic) bond motifs is 1. The van der Waals surface area contributed by atoms with E-state index in [2.05, 4.69) is 17.1 Å². The Morgan fingerprint density at radius 3 is 2.45 bits per heavy atom. The van der Waals surface area contributed by atoms with Gasteiger partial charge in [-0.3, -0.25) is 4.98 Å². The first-order valence-corrected chi connectivity index (χ1v) is 3.26. The first-order chi connectivity index (χ1) is 4.97. The van der Waals surface area contributed by atoms with E-state index >= 15 is 0 Å². The Bertz CT molecular complexity index is 281. The Hall–Kier alpha value is -0.838. The maximum absolute atomic E-state index is 4.18. The molecule has 0 unspecified atom stereocenters. The van der Waals surface area contributed by atoms with E-state index in [-0.39, 0.29) is 17.4 Å². The average Bonchev–Trinajstić information content (AvgIpc) is 2.05. The van der Waals surface area contributed by atoms with Gasteiger partial charge in [-0.1, -0.05) is 24.3 Å². The number of pyridine rings is 1. The number of benzene rings is 1. The van der Waals surface area contributed by atoms with E-state index in [0.717, 1.165) is 5.52 Å². The summed E-state index contributed by atoms with van der Waals surface area (Å²) in [6.07, 6.45) is 1.81. The van der Waals surface area contributed by atoms with Crippen LogP contribution in [0.15, 0.2) is 42.6 Å². The standard InChI is InChI=1S/C9H7N.Cr/c1-2-6-9-8(4-1)5-3-7-10-9;/h1-7H;/q;+3. The summed E-state index contributed by atoms with van der Waals surface area (Å²) < 4.78 is 0. The van der Waals surface area contributed by atoms with Crippen molar-refractivity contribution in [1.29, 1.82) is 0 Å². The molecule has 1 aromatic heterocycles. The van der Waals surface area contributed by atoms with Gasteiger partial charge in [0.05, 0.1) is 5.52 Å². The monoisotopic (exact) mass is 181 g/mol. The van der Waals surface area contributed by atoms with E-state index in [4.69, 9.17) is 0 Å². The van der Waals surface area contributed by atoms with Gasteiger partial charge in [-0.15, -0.1) is 0 Å². The van der Waals surface area contributed by atoms with Crippen molar-refractivity contribution in [2.75, 3.05) is 0 Å². The maximum atomic E-state index is 4.18. The summed E-state index contributed by atoms with van der Waals surface area (Å²) in [5, 5.41) is 1.20.